The molecule has 1 aromatic heterocycles. The molecule has 0 saturated carbocycles. The molecule has 1 aliphatic heterocycles. The number of likely N-dealkylation sites (tertiary alicyclic amines) is 1. The summed E-state index contributed by atoms with van der Waals surface area (Å²) < 4.78 is 17.1. The molecule has 0 aliphatic carbocycles. The fourth-order valence-electron chi connectivity index (χ4n) is 4.19. The van der Waals surface area contributed by atoms with E-state index in [0.717, 1.165) is 28.2 Å². The third kappa shape index (κ3) is 5.35. The number of amides is 1. The van der Waals surface area contributed by atoms with Gasteiger partial charge in [-0.2, -0.15) is 4.98 Å². The Balaban J connectivity index is 1.21. The van der Waals surface area contributed by atoms with Crippen LogP contribution in [0.5, 0.6) is 11.5 Å². The molecular weight excluding hydrogens is 442 g/mol. The van der Waals surface area contributed by atoms with Crippen LogP contribution in [0.1, 0.15) is 36.3 Å². The minimum atomic E-state index is -0.128. The molecule has 7 heteroatoms. The highest BCUT2D eigenvalue weighted by atomic mass is 16.5. The van der Waals surface area contributed by atoms with Gasteiger partial charge in [-0.05, 0) is 42.8 Å². The van der Waals surface area contributed by atoms with Crippen molar-refractivity contribution in [2.45, 2.75) is 32.4 Å². The first-order valence-corrected chi connectivity index (χ1v) is 11.8. The second-order valence-corrected chi connectivity index (χ2v) is 8.47. The zero-order valence-electron chi connectivity index (χ0n) is 19.6. The Bertz CT molecular complexity index is 1270. The van der Waals surface area contributed by atoms with Gasteiger partial charge in [-0.3, -0.25) is 4.79 Å². The molecule has 0 bridgehead atoms. The zero-order chi connectivity index (χ0) is 24.0. The van der Waals surface area contributed by atoms with Crippen molar-refractivity contribution in [2.24, 2.45) is 0 Å². The Morgan fingerprint density at radius 3 is 2.54 bits per heavy atom. The van der Waals surface area contributed by atoms with E-state index in [9.17, 15) is 4.79 Å². The van der Waals surface area contributed by atoms with Crippen molar-refractivity contribution in [1.29, 1.82) is 0 Å². The van der Waals surface area contributed by atoms with E-state index in [4.69, 9.17) is 14.0 Å². The van der Waals surface area contributed by atoms with Gasteiger partial charge in [0.1, 0.15) is 18.1 Å². The predicted octanol–water partition coefficient (Wildman–Crippen LogP) is 5.23. The van der Waals surface area contributed by atoms with Crippen LogP contribution in [-0.2, 0) is 17.9 Å². The quantitative estimate of drug-likeness (QED) is 0.334. The topological polar surface area (TPSA) is 77.7 Å². The number of ether oxygens (including phenoxy) is 2. The van der Waals surface area contributed by atoms with E-state index < -0.39 is 0 Å². The highest BCUT2D eigenvalue weighted by Crippen LogP contribution is 2.31. The molecule has 1 aliphatic rings. The maximum Gasteiger partial charge on any atom is 0.232 e. The summed E-state index contributed by atoms with van der Waals surface area (Å²) in [5.41, 5.74) is 2.93. The number of para-hydroxylation sites is 1. The molecule has 0 N–H and O–H groups in total. The molecule has 1 atom stereocenters. The number of hydrogen-bond donors (Lipinski definition) is 0. The third-order valence-electron chi connectivity index (χ3n) is 6.00. The average molecular weight is 470 g/mol. The van der Waals surface area contributed by atoms with Crippen molar-refractivity contribution in [1.82, 2.24) is 15.0 Å². The van der Waals surface area contributed by atoms with Crippen LogP contribution in [-0.4, -0.2) is 34.1 Å². The number of carbonyl (C=O) groups excluding carboxylic acids is 1. The first-order valence-electron chi connectivity index (χ1n) is 11.8. The minimum Gasteiger partial charge on any atom is -0.494 e. The Kier molecular flexibility index (Phi) is 6.75. The molecule has 35 heavy (non-hydrogen) atoms. The van der Waals surface area contributed by atoms with Crippen molar-refractivity contribution >= 4 is 5.91 Å². The van der Waals surface area contributed by atoms with Gasteiger partial charge in [0.25, 0.3) is 0 Å². The van der Waals surface area contributed by atoms with Gasteiger partial charge < -0.3 is 18.9 Å². The summed E-state index contributed by atoms with van der Waals surface area (Å²) >= 11 is 0. The van der Waals surface area contributed by atoms with Gasteiger partial charge >= 0.3 is 0 Å². The second-order valence-electron chi connectivity index (χ2n) is 8.47. The van der Waals surface area contributed by atoms with E-state index in [2.05, 4.69) is 10.1 Å². The normalized spacial score (nSPS) is 15.4. The Morgan fingerprint density at radius 1 is 0.971 bits per heavy atom. The van der Waals surface area contributed by atoms with Gasteiger partial charge in [0, 0.05) is 30.6 Å². The van der Waals surface area contributed by atoms with Gasteiger partial charge in [0.05, 0.1) is 12.5 Å². The van der Waals surface area contributed by atoms with E-state index in [-0.39, 0.29) is 11.8 Å². The first-order chi connectivity index (χ1) is 17.2. The number of rotatable bonds is 9. The molecule has 178 valence electrons. The number of hydrogen-bond acceptors (Lipinski definition) is 6. The van der Waals surface area contributed by atoms with Crippen molar-refractivity contribution in [3.05, 3.63) is 95.9 Å². The first kappa shape index (κ1) is 22.7. The number of benzene rings is 3. The van der Waals surface area contributed by atoms with Gasteiger partial charge in [-0.1, -0.05) is 53.7 Å². The van der Waals surface area contributed by atoms with Gasteiger partial charge in [-0.15, -0.1) is 0 Å². The lowest BCUT2D eigenvalue weighted by Gasteiger charge is -2.18. The second kappa shape index (κ2) is 10.4. The van der Waals surface area contributed by atoms with E-state index in [1.807, 2.05) is 90.7 Å². The molecule has 4 aromatic rings. The number of aromatic nitrogens is 2. The molecule has 1 unspecified atom stereocenters. The van der Waals surface area contributed by atoms with Crippen LogP contribution in [0.25, 0.3) is 11.4 Å². The lowest BCUT2D eigenvalue weighted by Crippen LogP contribution is -2.24. The van der Waals surface area contributed by atoms with Crippen molar-refractivity contribution < 1.29 is 18.8 Å². The summed E-state index contributed by atoms with van der Waals surface area (Å²) in [7, 11) is 0. The number of carbonyl (C=O) groups is 1. The SMILES string of the molecule is CCOc1ccccc1CN1CC(c2nc(-c3ccc(OCc4ccccc4)cc3)no2)CC1=O. The highest BCUT2D eigenvalue weighted by Gasteiger charge is 2.34. The molecule has 3 aromatic carbocycles. The fourth-order valence-corrected chi connectivity index (χ4v) is 4.19. The average Bonchev–Trinajstić information content (AvgIpc) is 3.52. The van der Waals surface area contributed by atoms with Crippen molar-refractivity contribution in [3.63, 3.8) is 0 Å². The summed E-state index contributed by atoms with van der Waals surface area (Å²) in [6.07, 6.45) is 0.352. The molecule has 0 spiro atoms. The predicted molar refractivity (Wildman–Crippen MR) is 131 cm³/mol. The Morgan fingerprint density at radius 2 is 1.74 bits per heavy atom. The summed E-state index contributed by atoms with van der Waals surface area (Å²) in [5, 5.41) is 4.15. The van der Waals surface area contributed by atoms with E-state index in [0.29, 0.717) is 44.4 Å². The largest absolute Gasteiger partial charge is 0.494 e. The molecule has 7 nitrogen and oxygen atoms in total. The van der Waals surface area contributed by atoms with Gasteiger partial charge in [0.2, 0.25) is 17.6 Å². The van der Waals surface area contributed by atoms with Crippen LogP contribution >= 0.6 is 0 Å². The van der Waals surface area contributed by atoms with E-state index in [1.165, 1.54) is 0 Å². The fraction of sp³-hybridized carbons (Fsp3) is 0.250. The standard InChI is InChI=1S/C28H27N3O4/c1-2-33-25-11-7-6-10-22(25)17-31-18-23(16-26(31)32)28-29-27(30-35-28)21-12-14-24(15-13-21)34-19-20-8-4-3-5-9-20/h3-15,23H,2,16-19H2,1H3. The van der Waals surface area contributed by atoms with E-state index in [1.54, 1.807) is 0 Å². The molecule has 5 rings (SSSR count). The minimum absolute atomic E-state index is 0.0703. The van der Waals surface area contributed by atoms with Gasteiger partial charge in [-0.25, -0.2) is 0 Å². The third-order valence-corrected chi connectivity index (χ3v) is 6.00. The summed E-state index contributed by atoms with van der Waals surface area (Å²) in [4.78, 5) is 19.1. The van der Waals surface area contributed by atoms with Crippen LogP contribution in [0.3, 0.4) is 0 Å². The summed E-state index contributed by atoms with van der Waals surface area (Å²) in [6.45, 7) is 4.07. The molecule has 0 radical (unpaired) electrons. The summed E-state index contributed by atoms with van der Waals surface area (Å²) in [6, 6.07) is 25.4. The Labute approximate surface area is 204 Å². The van der Waals surface area contributed by atoms with Crippen LogP contribution in [0.2, 0.25) is 0 Å². The molecule has 1 amide bonds. The maximum absolute atomic E-state index is 12.7. The van der Waals surface area contributed by atoms with Crippen LogP contribution in [0, 0.1) is 0 Å². The molecule has 2 heterocycles. The lowest BCUT2D eigenvalue weighted by molar-refractivity contribution is -0.128. The molecule has 1 fully saturated rings. The number of nitrogens with zero attached hydrogens (tertiary/aromatic N) is 3. The van der Waals surface area contributed by atoms with Crippen LogP contribution < -0.4 is 9.47 Å². The van der Waals surface area contributed by atoms with Gasteiger partial charge in [0.15, 0.2) is 0 Å². The van der Waals surface area contributed by atoms with Crippen molar-refractivity contribution in [2.75, 3.05) is 13.2 Å². The van der Waals surface area contributed by atoms with Crippen molar-refractivity contribution in [3.8, 4) is 22.9 Å². The Hall–Kier alpha value is -4.13. The van der Waals surface area contributed by atoms with E-state index >= 15 is 0 Å². The summed E-state index contributed by atoms with van der Waals surface area (Å²) in [5.74, 6) is 2.51. The maximum atomic E-state index is 12.7. The highest BCUT2D eigenvalue weighted by molar-refractivity contribution is 5.79. The molecule has 1 saturated heterocycles. The zero-order valence-corrected chi connectivity index (χ0v) is 19.6. The lowest BCUT2D eigenvalue weighted by atomic mass is 10.1. The monoisotopic (exact) mass is 469 g/mol. The smallest absolute Gasteiger partial charge is 0.232 e. The van der Waals surface area contributed by atoms with Crippen LogP contribution in [0.15, 0.2) is 83.4 Å². The molecular formula is C28H27N3O4. The van der Waals surface area contributed by atoms with Crippen LogP contribution in [0.4, 0.5) is 0 Å².